The summed E-state index contributed by atoms with van der Waals surface area (Å²) in [4.78, 5) is 0. The molecule has 17 aromatic carbocycles. The molecule has 0 N–H and O–H groups in total. The lowest BCUT2D eigenvalue weighted by molar-refractivity contribution is 0.669. The Bertz CT molecular complexity index is 7150. The van der Waals surface area contributed by atoms with Crippen LogP contribution in [0.1, 0.15) is 12.8 Å². The molecule has 1 aliphatic carbocycles. The van der Waals surface area contributed by atoms with E-state index in [2.05, 4.69) is 291 Å². The van der Waals surface area contributed by atoms with E-state index in [0.717, 1.165) is 56.9 Å². The second-order valence-corrected chi connectivity index (χ2v) is 28.4. The van der Waals surface area contributed by atoms with E-state index < -0.39 is 0 Å². The van der Waals surface area contributed by atoms with Crippen molar-refractivity contribution >= 4 is 194 Å². The highest BCUT2D eigenvalue weighted by Crippen LogP contribution is 2.52. The van der Waals surface area contributed by atoms with Crippen molar-refractivity contribution in [2.45, 2.75) is 12.8 Å². The summed E-state index contributed by atoms with van der Waals surface area (Å²) in [5, 5.41) is 29.6. The van der Waals surface area contributed by atoms with Crippen LogP contribution in [0.3, 0.4) is 0 Å². The molecule has 4 heterocycles. The first kappa shape index (κ1) is 52.8. The molecule has 0 unspecified atom stereocenters. The van der Waals surface area contributed by atoms with Crippen LogP contribution in [0.2, 0.25) is 0 Å². The largest absolute Gasteiger partial charge is 0.456 e. The molecule has 0 amide bonds. The molecule has 0 saturated carbocycles. The van der Waals surface area contributed by atoms with E-state index >= 15 is 0 Å². The molecule has 0 bridgehead atoms. The number of para-hydroxylation sites is 1. The molecule has 4 heteroatoms. The maximum absolute atomic E-state index is 7.14. The minimum absolute atomic E-state index is 0.894. The normalized spacial score (nSPS) is 12.9. The van der Waals surface area contributed by atoms with Gasteiger partial charge in [-0.25, -0.2) is 0 Å². The molecule has 96 heavy (non-hydrogen) atoms. The zero-order valence-electron chi connectivity index (χ0n) is 51.8. The first-order valence-electron chi connectivity index (χ1n) is 33.2. The molecule has 4 aromatic heterocycles. The van der Waals surface area contributed by atoms with Crippen molar-refractivity contribution in [2.24, 2.45) is 0 Å². The van der Waals surface area contributed by atoms with Crippen molar-refractivity contribution in [3.63, 3.8) is 0 Å². The van der Waals surface area contributed by atoms with E-state index in [-0.39, 0.29) is 0 Å². The molecule has 21 aromatic rings. The van der Waals surface area contributed by atoms with Gasteiger partial charge in [-0.2, -0.15) is 0 Å². The van der Waals surface area contributed by atoms with Crippen LogP contribution in [0.15, 0.2) is 288 Å². The van der Waals surface area contributed by atoms with Gasteiger partial charge in [0.05, 0.1) is 0 Å². The van der Waals surface area contributed by atoms with Crippen molar-refractivity contribution in [3.05, 3.63) is 289 Å². The summed E-state index contributed by atoms with van der Waals surface area (Å²) in [5.41, 5.74) is 16.1. The van der Waals surface area contributed by atoms with Crippen molar-refractivity contribution in [3.8, 4) is 55.6 Å². The molecule has 1 aliphatic rings. The summed E-state index contributed by atoms with van der Waals surface area (Å²) >= 11 is 3.76. The van der Waals surface area contributed by atoms with Crippen molar-refractivity contribution < 1.29 is 8.83 Å². The minimum Gasteiger partial charge on any atom is -0.456 e. The van der Waals surface area contributed by atoms with Crippen LogP contribution in [-0.2, 0) is 0 Å². The van der Waals surface area contributed by atoms with Crippen LogP contribution in [-0.4, -0.2) is 0 Å². The van der Waals surface area contributed by atoms with Gasteiger partial charge in [-0.05, 0) is 210 Å². The second-order valence-electron chi connectivity index (χ2n) is 26.3. The third kappa shape index (κ3) is 7.51. The Kier molecular flexibility index (Phi) is 11.0. The van der Waals surface area contributed by atoms with Crippen molar-refractivity contribution in [2.75, 3.05) is 0 Å². The van der Waals surface area contributed by atoms with Gasteiger partial charge in [0.2, 0.25) is 0 Å². The Balaban J connectivity index is 0.669. The molecule has 0 saturated heterocycles. The van der Waals surface area contributed by atoms with Crippen LogP contribution in [0.5, 0.6) is 0 Å². The van der Waals surface area contributed by atoms with Crippen LogP contribution in [0.25, 0.3) is 227 Å². The second kappa shape index (κ2) is 19.9. The van der Waals surface area contributed by atoms with E-state index in [1.165, 1.54) is 182 Å². The number of hydrogen-bond donors (Lipinski definition) is 0. The fourth-order valence-electron chi connectivity index (χ4n) is 16.9. The lowest BCUT2D eigenvalue weighted by Gasteiger charge is -2.19. The predicted molar refractivity (Wildman–Crippen MR) is 414 cm³/mol. The maximum atomic E-state index is 7.14. The van der Waals surface area contributed by atoms with Crippen LogP contribution in [0.4, 0.5) is 0 Å². The summed E-state index contributed by atoms with van der Waals surface area (Å²) in [6, 6.07) is 104. The summed E-state index contributed by atoms with van der Waals surface area (Å²) < 4.78 is 18.8. The predicted octanol–water partition coefficient (Wildman–Crippen LogP) is 26.0. The summed E-state index contributed by atoms with van der Waals surface area (Å²) in [5.74, 6) is 0. The third-order valence-corrected chi connectivity index (χ3v) is 23.6. The number of rotatable bonds is 5. The van der Waals surface area contributed by atoms with Crippen molar-refractivity contribution in [1.29, 1.82) is 0 Å². The Labute approximate surface area is 557 Å². The molecule has 0 atom stereocenters. The number of benzene rings is 17. The van der Waals surface area contributed by atoms with Gasteiger partial charge in [-0.1, -0.05) is 224 Å². The topological polar surface area (TPSA) is 26.3 Å². The van der Waals surface area contributed by atoms with Gasteiger partial charge in [-0.15, -0.1) is 22.7 Å². The number of hydrogen-bond acceptors (Lipinski definition) is 4. The van der Waals surface area contributed by atoms with Gasteiger partial charge in [-0.3, -0.25) is 0 Å². The highest BCUT2D eigenvalue weighted by molar-refractivity contribution is 7.27. The summed E-state index contributed by atoms with van der Waals surface area (Å²) in [6.45, 7) is 0. The fourth-order valence-corrected chi connectivity index (χ4v) is 19.4. The average Bonchev–Trinajstić information content (AvgIpc) is 1.43. The third-order valence-electron chi connectivity index (χ3n) is 21.2. The van der Waals surface area contributed by atoms with Gasteiger partial charge in [0.25, 0.3) is 0 Å². The molecule has 0 radical (unpaired) electrons. The molecular formula is C92H52O2S2. The first-order valence-corrected chi connectivity index (χ1v) is 34.9. The maximum Gasteiger partial charge on any atom is 0.145 e. The van der Waals surface area contributed by atoms with Crippen LogP contribution in [0, 0.1) is 0 Å². The zero-order valence-corrected chi connectivity index (χ0v) is 53.4. The lowest BCUT2D eigenvalue weighted by atomic mass is 9.84. The summed E-state index contributed by atoms with van der Waals surface area (Å²) in [6.07, 6.45) is 7.01. The Morgan fingerprint density at radius 3 is 1.48 bits per heavy atom. The van der Waals surface area contributed by atoms with Crippen molar-refractivity contribution in [1.82, 2.24) is 0 Å². The van der Waals surface area contributed by atoms with E-state index in [9.17, 15) is 0 Å². The van der Waals surface area contributed by atoms with Gasteiger partial charge in [0.15, 0.2) is 0 Å². The fraction of sp³-hybridized carbons (Fsp3) is 0.0217. The van der Waals surface area contributed by atoms with Crippen LogP contribution >= 0.6 is 22.7 Å². The molecule has 22 rings (SSSR count). The number of fused-ring (bicyclic) bond motifs is 24. The minimum atomic E-state index is 0.894. The number of furan rings is 2. The molecule has 444 valence electrons. The smallest absolute Gasteiger partial charge is 0.145 e. The first-order chi connectivity index (χ1) is 47.6. The van der Waals surface area contributed by atoms with Gasteiger partial charge < -0.3 is 8.83 Å². The van der Waals surface area contributed by atoms with Gasteiger partial charge in [0.1, 0.15) is 22.3 Å². The molecule has 0 fully saturated rings. The number of thiophene rings is 2. The molecular weight excluding hydrogens is 1200 g/mol. The molecule has 0 spiro atoms. The Morgan fingerprint density at radius 2 is 0.740 bits per heavy atom. The quantitative estimate of drug-likeness (QED) is 0.161. The standard InChI is InChI=1S/C92H52O2S2/c1-2-18-52-44-57(37-33-51(52)17-1)84-62-21-3-5-23-64(62)86(65-24-6-4-22-63(65)84)59-39-41-72-83(47-59)96-92-71-30-12-11-29-70(71)88-78-46-56(40-42-80(78)94-90(88)89(72)92)54-34-35-55-45-58(38-36-53(55)43-54)85-66-25-7-9-27-68(66)87(69-28-10-8-26-67(69)85)75-49-76-61-20-14-16-32-82(61)95-91(76)77-50-81-74(48-73(75)77)60-19-13-15-31-79(60)93-81/h1-7,9,11-50H,8,10H2. The van der Waals surface area contributed by atoms with E-state index in [1.54, 1.807) is 0 Å². The van der Waals surface area contributed by atoms with E-state index in [0.29, 0.717) is 0 Å². The Hall–Kier alpha value is -11.7. The van der Waals surface area contributed by atoms with Gasteiger partial charge in [0, 0.05) is 72.7 Å². The average molecular weight is 1250 g/mol. The molecule has 0 aliphatic heterocycles. The van der Waals surface area contributed by atoms with Gasteiger partial charge >= 0.3 is 0 Å². The highest BCUT2D eigenvalue weighted by atomic mass is 32.1. The zero-order chi connectivity index (χ0) is 62.4. The van der Waals surface area contributed by atoms with E-state index in [1.807, 2.05) is 22.7 Å². The monoisotopic (exact) mass is 1250 g/mol. The summed E-state index contributed by atoms with van der Waals surface area (Å²) in [7, 11) is 0. The lowest BCUT2D eigenvalue weighted by Crippen LogP contribution is -2.31. The molecule has 2 nitrogen and oxygen atoms in total. The Morgan fingerprint density at radius 1 is 0.240 bits per heavy atom. The SMILES string of the molecule is C1=c2c(-c3ccc4cc(-c5ccc6oc7c(c6c5)c5ccccc5c5sc6cc(-c8c9ccccc9c(-c9ccc%10ccccc%10c9)c9ccccc89)ccc6c75)ccc4c3)c3ccccc3c(-c3cc4c5ccccc5sc4c4cc5oc6ccccc6c5cc34)c2=CCC1. The van der Waals surface area contributed by atoms with E-state index in [4.69, 9.17) is 8.83 Å². The highest BCUT2D eigenvalue weighted by Gasteiger charge is 2.25. The van der Waals surface area contributed by atoms with Crippen LogP contribution < -0.4 is 10.4 Å².